The fourth-order valence-corrected chi connectivity index (χ4v) is 27.7. The van der Waals surface area contributed by atoms with Gasteiger partial charge in [0.2, 0.25) is 19.7 Å². The third kappa shape index (κ3) is 15.2. The van der Waals surface area contributed by atoms with Crippen molar-refractivity contribution >= 4 is 97.8 Å². The van der Waals surface area contributed by atoms with Crippen molar-refractivity contribution in [3.05, 3.63) is 231 Å². The summed E-state index contributed by atoms with van der Waals surface area (Å²) in [5.41, 5.74) is 6.51. The number of hydrogen-bond acceptors (Lipinski definition) is 16. The molecule has 0 aromatic heterocycles. The Morgan fingerprint density at radius 2 is 0.748 bits per heavy atom. The molecule has 20 nitrogen and oxygen atoms in total. The lowest BCUT2D eigenvalue weighted by molar-refractivity contribution is 0.0646. The zero-order valence-corrected chi connectivity index (χ0v) is 62.3. The molecule has 0 aliphatic carbocycles. The molecular weight excluding hydrogens is 1400 g/mol. The van der Waals surface area contributed by atoms with Gasteiger partial charge in [-0.2, -0.15) is 0 Å². The lowest BCUT2D eigenvalue weighted by atomic mass is 9.78. The minimum absolute atomic E-state index is 0. The van der Waals surface area contributed by atoms with Gasteiger partial charge in [-0.05, 0) is 203 Å². The molecule has 4 heterocycles. The number of nitrogens with zero attached hydrogens (tertiary/aromatic N) is 4. The van der Waals surface area contributed by atoms with E-state index in [0.29, 0.717) is 24.0 Å². The third-order valence-corrected chi connectivity index (χ3v) is 33.1. The third-order valence-electron chi connectivity index (χ3n) is 18.4. The molecule has 1 unspecified atom stereocenters. The summed E-state index contributed by atoms with van der Waals surface area (Å²) < 4.78 is 79.3. The zero-order valence-electron chi connectivity index (χ0n) is 57.6. The SMILES string of the molecule is C.C.C#C[Si](C)(O[Si](C)(C)CCCC)O[Si](C)(C)CCCN1C(=O)c2ccc(S(=O)(=O)c3ccc4c(c3)C(=O)N(C)C4=O)cc2C1=O.Cc1ccc(Oc2ccc(C(C)(C)c3ccc(Oc4ccc(N5C(=O)c6ccc(S(=O)(=O)c7ccc8c(c7)C(=O)N(C)C8=O)cc6C5=O)cc4)cc3)cc2)cc1.[HH]. The first-order chi connectivity index (χ1) is 47.6. The van der Waals surface area contributed by atoms with Gasteiger partial charge in [-0.15, -0.1) is 6.42 Å². The van der Waals surface area contributed by atoms with Crippen LogP contribution in [0, 0.1) is 18.9 Å². The van der Waals surface area contributed by atoms with E-state index in [9.17, 15) is 55.2 Å². The minimum atomic E-state index is -4.22. The van der Waals surface area contributed by atoms with Crippen LogP contribution in [0.25, 0.3) is 0 Å². The van der Waals surface area contributed by atoms with Crippen molar-refractivity contribution in [2.24, 2.45) is 0 Å². The molecule has 0 spiro atoms. The second-order valence-electron chi connectivity index (χ2n) is 27.1. The van der Waals surface area contributed by atoms with E-state index < -0.39 is 92.1 Å². The molecular formula is C78H84N4O16S2Si3. The van der Waals surface area contributed by atoms with Crippen molar-refractivity contribution in [1.29, 1.82) is 0 Å². The monoisotopic (exact) mass is 1480 g/mol. The van der Waals surface area contributed by atoms with Crippen LogP contribution in [-0.4, -0.2) is 125 Å². The number of unbranched alkanes of at least 4 members (excludes halogenated alkanes) is 1. The van der Waals surface area contributed by atoms with Crippen LogP contribution < -0.4 is 14.4 Å². The second-order valence-corrected chi connectivity index (χ2v) is 42.8. The smallest absolute Gasteiger partial charge is 0.399 e. The molecule has 0 bridgehead atoms. The fourth-order valence-electron chi connectivity index (χ4n) is 12.6. The lowest BCUT2D eigenvalue weighted by Gasteiger charge is -2.37. The highest BCUT2D eigenvalue weighted by Crippen LogP contribution is 2.39. The second kappa shape index (κ2) is 29.4. The predicted octanol–water partition coefficient (Wildman–Crippen LogP) is 15.5. The first-order valence-corrected chi connectivity index (χ1v) is 44.2. The van der Waals surface area contributed by atoms with Gasteiger partial charge in [0.05, 0.1) is 69.8 Å². The summed E-state index contributed by atoms with van der Waals surface area (Å²) in [5, 5.41) is 0. The number of imide groups is 4. The molecule has 0 N–H and O–H groups in total. The molecule has 25 heteroatoms. The summed E-state index contributed by atoms with van der Waals surface area (Å²) in [5.74, 6) is -1.95. The van der Waals surface area contributed by atoms with Crippen molar-refractivity contribution in [3.63, 3.8) is 0 Å². The average molecular weight is 1480 g/mol. The maximum Gasteiger partial charge on any atom is 0.399 e. The highest BCUT2D eigenvalue weighted by atomic mass is 32.2. The molecule has 8 aromatic carbocycles. The molecule has 8 amide bonds. The van der Waals surface area contributed by atoms with Gasteiger partial charge in [-0.3, -0.25) is 53.1 Å². The van der Waals surface area contributed by atoms with Crippen LogP contribution in [0.4, 0.5) is 5.69 Å². The molecule has 0 fully saturated rings. The number of hydrogen-bond donors (Lipinski definition) is 0. The van der Waals surface area contributed by atoms with Crippen LogP contribution in [-0.2, 0) is 33.3 Å². The average Bonchev–Trinajstić information content (AvgIpc) is 1.53. The summed E-state index contributed by atoms with van der Waals surface area (Å²) in [6.45, 7) is 19.0. The van der Waals surface area contributed by atoms with Gasteiger partial charge in [0.25, 0.3) is 47.3 Å². The van der Waals surface area contributed by atoms with Crippen LogP contribution in [0.15, 0.2) is 189 Å². The Labute approximate surface area is 606 Å². The number of carbonyl (C=O) groups is 8. The molecule has 4 aliphatic rings. The molecule has 0 saturated heterocycles. The Bertz CT molecular complexity index is 5070. The van der Waals surface area contributed by atoms with Crippen molar-refractivity contribution in [2.75, 3.05) is 25.5 Å². The van der Waals surface area contributed by atoms with Crippen LogP contribution in [0.1, 0.15) is 156 Å². The number of terminal acetylenes is 1. The molecule has 1 atom stereocenters. The fraction of sp³-hybridized carbons (Fsp3) is 0.256. The maximum atomic E-state index is 13.6. The van der Waals surface area contributed by atoms with E-state index in [2.05, 4.69) is 64.6 Å². The number of ether oxygens (including phenoxy) is 2. The lowest BCUT2D eigenvalue weighted by Crippen LogP contribution is -2.53. The minimum Gasteiger partial charge on any atom is -0.457 e. The Hall–Kier alpha value is -10.0. The maximum absolute atomic E-state index is 13.6. The first kappa shape index (κ1) is 77.1. The molecule has 0 saturated carbocycles. The summed E-state index contributed by atoms with van der Waals surface area (Å²) in [7, 11) is -12.9. The number of fused-ring (bicyclic) bond motifs is 4. The van der Waals surface area contributed by atoms with Crippen molar-refractivity contribution < 1.29 is 74.3 Å². The van der Waals surface area contributed by atoms with Gasteiger partial charge >= 0.3 is 8.56 Å². The molecule has 0 radical (unpaired) electrons. The van der Waals surface area contributed by atoms with E-state index in [0.717, 1.165) is 73.2 Å². The van der Waals surface area contributed by atoms with Gasteiger partial charge < -0.3 is 17.7 Å². The zero-order chi connectivity index (χ0) is 73.1. The predicted molar refractivity (Wildman–Crippen MR) is 401 cm³/mol. The Kier molecular flexibility index (Phi) is 22.0. The van der Waals surface area contributed by atoms with Crippen LogP contribution in [0.2, 0.25) is 44.8 Å². The quantitative estimate of drug-likeness (QED) is 0.0347. The van der Waals surface area contributed by atoms with Crippen LogP contribution in [0.5, 0.6) is 23.0 Å². The van der Waals surface area contributed by atoms with Gasteiger partial charge in [0.15, 0.2) is 16.6 Å². The normalized spacial score (nSPS) is 14.8. The van der Waals surface area contributed by atoms with Crippen molar-refractivity contribution in [2.45, 2.75) is 132 Å². The number of sulfone groups is 2. The molecule has 12 rings (SSSR count). The number of aryl methyl sites for hydroxylation is 1. The van der Waals surface area contributed by atoms with Gasteiger partial charge in [0, 0.05) is 27.5 Å². The van der Waals surface area contributed by atoms with Crippen molar-refractivity contribution in [1.82, 2.24) is 14.7 Å². The number of rotatable bonds is 22. The molecule has 536 valence electrons. The standard InChI is InChI=1S/C45H34N2O8S.C31H40N2O8SSi3.2CH4.H2/c1-27-5-13-31(14-6-27)54-32-15-7-28(8-16-32)45(2,3)29-9-17-33(18-10-29)55-34-19-11-30(12-20-34)47-43(50)38-24-22-36(26-40(38)44(47)51)56(52,53)35-21-23-37-39(25-35)42(49)46(4)41(37)48;1-9-11-18-43(4,5)40-45(8,10-2)41-44(6,7)19-12-17-33-30(36)25-16-14-23(21-27(25)31(33)37)42(38,39)22-13-15-24-26(20-22)29(35)32(3)28(24)34;;;/h5-26H,1-4H3;2,13-16,20-21H,9,11-12,17-19H2,1,3-8H3;2*1H4;1H. The highest BCUT2D eigenvalue weighted by molar-refractivity contribution is 7.91. The Morgan fingerprint density at radius 1 is 0.437 bits per heavy atom. The van der Waals surface area contributed by atoms with Gasteiger partial charge in [0.1, 0.15) is 23.0 Å². The topological polar surface area (TPSA) is 255 Å². The van der Waals surface area contributed by atoms with E-state index >= 15 is 0 Å². The van der Waals surface area contributed by atoms with Crippen LogP contribution >= 0.6 is 0 Å². The Balaban J connectivity index is 0.000000262. The molecule has 4 aliphatic heterocycles. The van der Waals surface area contributed by atoms with Crippen molar-refractivity contribution in [3.8, 4) is 35.0 Å². The summed E-state index contributed by atoms with van der Waals surface area (Å²) in [6.07, 6.45) is 8.58. The number of amides is 8. The molecule has 103 heavy (non-hydrogen) atoms. The van der Waals surface area contributed by atoms with E-state index in [-0.39, 0.29) is 98.0 Å². The van der Waals surface area contributed by atoms with E-state index in [1.54, 1.807) is 24.3 Å². The Morgan fingerprint density at radius 3 is 1.14 bits per heavy atom. The van der Waals surface area contributed by atoms with E-state index in [4.69, 9.17) is 24.1 Å². The summed E-state index contributed by atoms with van der Waals surface area (Å²) >= 11 is 0. The largest absolute Gasteiger partial charge is 0.457 e. The summed E-state index contributed by atoms with van der Waals surface area (Å²) in [4.78, 5) is 106. The highest BCUT2D eigenvalue weighted by Gasteiger charge is 2.45. The number of anilines is 1. The molecule has 8 aromatic rings. The van der Waals surface area contributed by atoms with Gasteiger partial charge in [-0.1, -0.05) is 96.0 Å². The van der Waals surface area contributed by atoms with Gasteiger partial charge in [-0.25, -0.2) is 21.7 Å². The first-order valence-electron chi connectivity index (χ1n) is 32.7. The van der Waals surface area contributed by atoms with E-state index in [1.165, 1.54) is 80.3 Å². The van der Waals surface area contributed by atoms with Crippen LogP contribution in [0.3, 0.4) is 0 Å². The number of carbonyl (C=O) groups excluding carboxylic acids is 8. The van der Waals surface area contributed by atoms with E-state index in [1.807, 2.05) is 74.1 Å². The number of benzene rings is 8. The summed E-state index contributed by atoms with van der Waals surface area (Å²) in [6, 6.07) is 46.8.